The summed E-state index contributed by atoms with van der Waals surface area (Å²) in [6.07, 6.45) is 1.51. The van der Waals surface area contributed by atoms with E-state index < -0.39 is 17.9 Å². The van der Waals surface area contributed by atoms with Gasteiger partial charge in [-0.05, 0) is 25.1 Å². The lowest BCUT2D eigenvalue weighted by molar-refractivity contribution is -0.140. The van der Waals surface area contributed by atoms with Crippen molar-refractivity contribution in [1.29, 1.82) is 0 Å². The summed E-state index contributed by atoms with van der Waals surface area (Å²) in [6, 6.07) is 5.42. The number of carboxylic acid groups (broad SMARTS) is 1. The third kappa shape index (κ3) is 5.66. The van der Waals surface area contributed by atoms with Crippen molar-refractivity contribution in [2.45, 2.75) is 13.0 Å². The molecule has 1 rings (SSSR count). The van der Waals surface area contributed by atoms with Crippen LogP contribution < -0.4 is 10.1 Å². The zero-order chi connectivity index (χ0) is 15.7. The first kappa shape index (κ1) is 16.7. The van der Waals surface area contributed by atoms with Gasteiger partial charge in [-0.15, -0.1) is 6.58 Å². The molecule has 6 heteroatoms. The molecule has 2 N–H and O–H groups in total. The van der Waals surface area contributed by atoms with Crippen LogP contribution in [0.5, 0.6) is 5.75 Å². The van der Waals surface area contributed by atoms with Crippen molar-refractivity contribution in [3.8, 4) is 5.75 Å². The van der Waals surface area contributed by atoms with E-state index in [4.69, 9.17) is 14.6 Å². The molecule has 21 heavy (non-hydrogen) atoms. The molecule has 0 heterocycles. The summed E-state index contributed by atoms with van der Waals surface area (Å²) >= 11 is 0. The van der Waals surface area contributed by atoms with E-state index in [9.17, 15) is 9.59 Å². The van der Waals surface area contributed by atoms with Crippen LogP contribution in [0, 0.1) is 0 Å². The van der Waals surface area contributed by atoms with E-state index in [1.807, 2.05) is 6.92 Å². The number of amides is 1. The molecule has 0 aromatic heterocycles. The van der Waals surface area contributed by atoms with Crippen LogP contribution in [0.25, 0.3) is 0 Å². The molecule has 0 bridgehead atoms. The number of nitrogens with one attached hydrogen (secondary N) is 1. The van der Waals surface area contributed by atoms with Gasteiger partial charge < -0.3 is 19.9 Å². The number of carboxylic acids is 1. The third-order valence-corrected chi connectivity index (χ3v) is 2.53. The Kier molecular flexibility index (Phi) is 6.97. The normalized spacial score (nSPS) is 11.5. The van der Waals surface area contributed by atoms with Gasteiger partial charge in [0.15, 0.2) is 6.04 Å². The molecule has 6 nitrogen and oxygen atoms in total. The molecule has 1 aromatic carbocycles. The zero-order valence-corrected chi connectivity index (χ0v) is 11.9. The van der Waals surface area contributed by atoms with Gasteiger partial charge in [0.05, 0.1) is 19.8 Å². The summed E-state index contributed by atoms with van der Waals surface area (Å²) in [4.78, 5) is 23.1. The first-order valence-corrected chi connectivity index (χ1v) is 6.53. The highest BCUT2D eigenvalue weighted by Crippen LogP contribution is 2.13. The molecule has 0 saturated heterocycles. The Balaban J connectivity index is 2.70. The van der Waals surface area contributed by atoms with Crippen LogP contribution in [0.1, 0.15) is 17.3 Å². The summed E-state index contributed by atoms with van der Waals surface area (Å²) in [5, 5.41) is 11.5. The summed E-state index contributed by atoms with van der Waals surface area (Å²) < 4.78 is 10.4. The van der Waals surface area contributed by atoms with Crippen molar-refractivity contribution in [2.75, 3.05) is 19.8 Å². The van der Waals surface area contributed by atoms with Gasteiger partial charge in [-0.25, -0.2) is 4.79 Å². The fraction of sp³-hybridized carbons (Fsp3) is 0.333. The zero-order valence-electron chi connectivity index (χ0n) is 11.9. The Morgan fingerprint density at radius 2 is 2.24 bits per heavy atom. The van der Waals surface area contributed by atoms with Crippen LogP contribution in [0.2, 0.25) is 0 Å². The Morgan fingerprint density at radius 1 is 1.48 bits per heavy atom. The quantitative estimate of drug-likeness (QED) is 0.532. The maximum absolute atomic E-state index is 12.0. The topological polar surface area (TPSA) is 84.9 Å². The molecule has 1 amide bonds. The average molecular weight is 293 g/mol. The molecule has 114 valence electrons. The predicted octanol–water partition coefficient (Wildman–Crippen LogP) is 1.47. The van der Waals surface area contributed by atoms with Crippen molar-refractivity contribution in [3.63, 3.8) is 0 Å². The molecule has 0 aliphatic rings. The summed E-state index contributed by atoms with van der Waals surface area (Å²) in [5.41, 5.74) is 0.330. The number of rotatable bonds is 9. The van der Waals surface area contributed by atoms with Crippen LogP contribution in [-0.2, 0) is 9.53 Å². The van der Waals surface area contributed by atoms with Crippen molar-refractivity contribution < 1.29 is 24.2 Å². The molecular formula is C15H19NO5. The Hall–Kier alpha value is -2.34. The second kappa shape index (κ2) is 8.76. The van der Waals surface area contributed by atoms with Crippen molar-refractivity contribution >= 4 is 11.9 Å². The highest BCUT2D eigenvalue weighted by molar-refractivity contribution is 5.96. The number of hydrogen-bond acceptors (Lipinski definition) is 4. The minimum atomic E-state index is -1.16. The van der Waals surface area contributed by atoms with Crippen molar-refractivity contribution in [3.05, 3.63) is 42.5 Å². The predicted molar refractivity (Wildman–Crippen MR) is 77.5 cm³/mol. The summed E-state index contributed by atoms with van der Waals surface area (Å²) in [6.45, 7) is 5.88. The lowest BCUT2D eigenvalue weighted by Crippen LogP contribution is -2.44. The fourth-order valence-electron chi connectivity index (χ4n) is 1.58. The van der Waals surface area contributed by atoms with Crippen LogP contribution in [0.3, 0.4) is 0 Å². The number of carbonyl (C=O) groups excluding carboxylic acids is 1. The maximum atomic E-state index is 12.0. The SMILES string of the molecule is C=CCOCC(NC(=O)c1cccc(OCC)c1)C(=O)O. The summed E-state index contributed by atoms with van der Waals surface area (Å²) in [7, 11) is 0. The summed E-state index contributed by atoms with van der Waals surface area (Å²) in [5.74, 6) is -1.10. The minimum Gasteiger partial charge on any atom is -0.494 e. The Morgan fingerprint density at radius 3 is 2.86 bits per heavy atom. The first-order valence-electron chi connectivity index (χ1n) is 6.53. The lowest BCUT2D eigenvalue weighted by Gasteiger charge is -2.14. The molecule has 0 fully saturated rings. The molecule has 0 aliphatic carbocycles. The van der Waals surface area contributed by atoms with E-state index in [-0.39, 0.29) is 13.2 Å². The van der Waals surface area contributed by atoms with Gasteiger partial charge in [0.25, 0.3) is 5.91 Å². The van der Waals surface area contributed by atoms with Crippen LogP contribution in [0.15, 0.2) is 36.9 Å². The number of ether oxygens (including phenoxy) is 2. The number of benzene rings is 1. The average Bonchev–Trinajstić information content (AvgIpc) is 2.46. The molecular weight excluding hydrogens is 274 g/mol. The van der Waals surface area contributed by atoms with Gasteiger partial charge in [-0.1, -0.05) is 12.1 Å². The largest absolute Gasteiger partial charge is 0.494 e. The molecule has 0 saturated carbocycles. The van der Waals surface area contributed by atoms with E-state index in [0.29, 0.717) is 17.9 Å². The number of aliphatic carboxylic acids is 1. The first-order chi connectivity index (χ1) is 10.1. The van der Waals surface area contributed by atoms with Gasteiger partial charge in [0.2, 0.25) is 0 Å². The van der Waals surface area contributed by atoms with E-state index in [1.54, 1.807) is 24.3 Å². The van der Waals surface area contributed by atoms with E-state index in [2.05, 4.69) is 11.9 Å². The van der Waals surface area contributed by atoms with Gasteiger partial charge in [0.1, 0.15) is 5.75 Å². The fourth-order valence-corrected chi connectivity index (χ4v) is 1.58. The van der Waals surface area contributed by atoms with Gasteiger partial charge in [-0.2, -0.15) is 0 Å². The highest BCUT2D eigenvalue weighted by atomic mass is 16.5. The molecule has 0 aliphatic heterocycles. The lowest BCUT2D eigenvalue weighted by atomic mass is 10.2. The molecule has 1 aromatic rings. The minimum absolute atomic E-state index is 0.127. The molecule has 1 atom stereocenters. The Bertz CT molecular complexity index is 501. The van der Waals surface area contributed by atoms with Crippen LogP contribution in [0.4, 0.5) is 0 Å². The van der Waals surface area contributed by atoms with E-state index in [0.717, 1.165) is 0 Å². The molecule has 0 radical (unpaired) electrons. The van der Waals surface area contributed by atoms with Crippen LogP contribution in [-0.4, -0.2) is 42.8 Å². The maximum Gasteiger partial charge on any atom is 0.328 e. The van der Waals surface area contributed by atoms with Gasteiger partial charge in [0, 0.05) is 5.56 Å². The smallest absolute Gasteiger partial charge is 0.328 e. The second-order valence-electron chi connectivity index (χ2n) is 4.15. The van der Waals surface area contributed by atoms with Crippen LogP contribution >= 0.6 is 0 Å². The van der Waals surface area contributed by atoms with Gasteiger partial charge >= 0.3 is 5.97 Å². The monoisotopic (exact) mass is 293 g/mol. The molecule has 0 spiro atoms. The van der Waals surface area contributed by atoms with Gasteiger partial charge in [-0.3, -0.25) is 4.79 Å². The highest BCUT2D eigenvalue weighted by Gasteiger charge is 2.21. The molecule has 1 unspecified atom stereocenters. The number of hydrogen-bond donors (Lipinski definition) is 2. The third-order valence-electron chi connectivity index (χ3n) is 2.53. The number of carbonyl (C=O) groups is 2. The van der Waals surface area contributed by atoms with Crippen molar-refractivity contribution in [2.24, 2.45) is 0 Å². The van der Waals surface area contributed by atoms with Crippen molar-refractivity contribution in [1.82, 2.24) is 5.32 Å². The standard InChI is InChI=1S/C15H19NO5/c1-3-8-20-10-13(15(18)19)16-14(17)11-6-5-7-12(9-11)21-4-2/h3,5-7,9,13H,1,4,8,10H2,2H3,(H,16,17)(H,18,19). The second-order valence-corrected chi connectivity index (χ2v) is 4.15. The van der Waals surface area contributed by atoms with E-state index in [1.165, 1.54) is 6.08 Å². The Labute approximate surface area is 123 Å². The van der Waals surface area contributed by atoms with E-state index >= 15 is 0 Å².